The molecule has 0 aliphatic carbocycles. The lowest BCUT2D eigenvalue weighted by Crippen LogP contribution is -2.48. The first-order chi connectivity index (χ1) is 7.84. The van der Waals surface area contributed by atoms with E-state index in [2.05, 4.69) is 10.3 Å². The van der Waals surface area contributed by atoms with E-state index in [1.54, 1.807) is 0 Å². The van der Waals surface area contributed by atoms with Crippen LogP contribution < -0.4 is 5.32 Å². The van der Waals surface area contributed by atoms with Crippen molar-refractivity contribution in [3.05, 3.63) is 18.4 Å². The van der Waals surface area contributed by atoms with Gasteiger partial charge in [-0.15, -0.1) is 0 Å². The standard InChI is InChI=1S/C11H15N3O2/c15-11(10-5-12-7-16-10)14-4-2-8-1-3-13-9(8)6-14/h5,7-9,13H,1-4,6H2. The molecule has 2 aliphatic heterocycles. The number of oxazole rings is 1. The lowest BCUT2D eigenvalue weighted by molar-refractivity contribution is 0.0637. The maximum Gasteiger partial charge on any atom is 0.291 e. The van der Waals surface area contributed by atoms with Gasteiger partial charge < -0.3 is 14.6 Å². The first-order valence-electron chi connectivity index (χ1n) is 5.76. The SMILES string of the molecule is O=C(c1cnco1)N1CCC2CCNC2C1. The van der Waals surface area contributed by atoms with Gasteiger partial charge in [-0.05, 0) is 25.3 Å². The summed E-state index contributed by atoms with van der Waals surface area (Å²) >= 11 is 0. The van der Waals surface area contributed by atoms with Crippen LogP contribution in [0.3, 0.4) is 0 Å². The summed E-state index contributed by atoms with van der Waals surface area (Å²) in [5, 5.41) is 3.45. The molecule has 0 bridgehead atoms. The Kier molecular flexibility index (Phi) is 2.40. The second-order valence-corrected chi connectivity index (χ2v) is 4.51. The highest BCUT2D eigenvalue weighted by molar-refractivity contribution is 5.91. The van der Waals surface area contributed by atoms with Crippen LogP contribution in [0.25, 0.3) is 0 Å². The lowest BCUT2D eigenvalue weighted by Gasteiger charge is -2.34. The van der Waals surface area contributed by atoms with Gasteiger partial charge in [-0.3, -0.25) is 4.79 Å². The molecule has 0 spiro atoms. The largest absolute Gasteiger partial charge is 0.438 e. The summed E-state index contributed by atoms with van der Waals surface area (Å²) in [5.74, 6) is 1.06. The minimum atomic E-state index is -0.0374. The molecule has 0 radical (unpaired) electrons. The molecule has 5 nitrogen and oxygen atoms in total. The van der Waals surface area contributed by atoms with Crippen LogP contribution in [-0.4, -0.2) is 41.5 Å². The third-order valence-corrected chi connectivity index (χ3v) is 3.61. The number of aromatic nitrogens is 1. The molecule has 0 saturated carbocycles. The molecular formula is C11H15N3O2. The Morgan fingerprint density at radius 3 is 3.31 bits per heavy atom. The van der Waals surface area contributed by atoms with Gasteiger partial charge in [-0.1, -0.05) is 0 Å². The van der Waals surface area contributed by atoms with E-state index in [4.69, 9.17) is 4.42 Å². The summed E-state index contributed by atoms with van der Waals surface area (Å²) in [6.45, 7) is 2.71. The van der Waals surface area contributed by atoms with E-state index in [9.17, 15) is 4.79 Å². The van der Waals surface area contributed by atoms with Crippen LogP contribution in [0.1, 0.15) is 23.4 Å². The van der Waals surface area contributed by atoms with Crippen molar-refractivity contribution in [2.75, 3.05) is 19.6 Å². The molecule has 16 heavy (non-hydrogen) atoms. The van der Waals surface area contributed by atoms with E-state index >= 15 is 0 Å². The van der Waals surface area contributed by atoms with E-state index in [0.29, 0.717) is 11.8 Å². The first kappa shape index (κ1) is 9.84. The van der Waals surface area contributed by atoms with Crippen LogP contribution in [0.2, 0.25) is 0 Å². The first-order valence-corrected chi connectivity index (χ1v) is 5.76. The summed E-state index contributed by atoms with van der Waals surface area (Å²) in [7, 11) is 0. The molecule has 3 rings (SSSR count). The van der Waals surface area contributed by atoms with Crippen LogP contribution in [-0.2, 0) is 0 Å². The van der Waals surface area contributed by atoms with Gasteiger partial charge in [0.15, 0.2) is 6.39 Å². The molecule has 1 amide bonds. The average molecular weight is 221 g/mol. The number of nitrogens with zero attached hydrogens (tertiary/aromatic N) is 2. The number of rotatable bonds is 1. The number of carbonyl (C=O) groups excluding carboxylic acids is 1. The number of hydrogen-bond donors (Lipinski definition) is 1. The Bertz CT molecular complexity index is 377. The van der Waals surface area contributed by atoms with Gasteiger partial charge in [0.2, 0.25) is 5.76 Å². The van der Waals surface area contributed by atoms with Crippen molar-refractivity contribution in [2.45, 2.75) is 18.9 Å². The number of amides is 1. The smallest absolute Gasteiger partial charge is 0.291 e. The van der Waals surface area contributed by atoms with Gasteiger partial charge in [-0.25, -0.2) is 4.98 Å². The predicted molar refractivity (Wildman–Crippen MR) is 56.9 cm³/mol. The molecule has 0 aromatic carbocycles. The highest BCUT2D eigenvalue weighted by Gasteiger charge is 2.35. The normalized spacial score (nSPS) is 29.1. The Labute approximate surface area is 93.8 Å². The number of nitrogens with one attached hydrogen (secondary N) is 1. The predicted octanol–water partition coefficient (Wildman–Crippen LogP) is 0.499. The molecule has 3 heterocycles. The van der Waals surface area contributed by atoms with Gasteiger partial charge in [0.1, 0.15) is 0 Å². The molecule has 5 heteroatoms. The van der Waals surface area contributed by atoms with Gasteiger partial charge in [0.05, 0.1) is 6.20 Å². The maximum absolute atomic E-state index is 12.0. The minimum Gasteiger partial charge on any atom is -0.438 e. The molecule has 1 aromatic rings. The van der Waals surface area contributed by atoms with Crippen molar-refractivity contribution in [1.29, 1.82) is 0 Å². The fourth-order valence-electron chi connectivity index (χ4n) is 2.69. The molecule has 1 aromatic heterocycles. The van der Waals surface area contributed by atoms with Gasteiger partial charge in [0.25, 0.3) is 5.91 Å². The zero-order chi connectivity index (χ0) is 11.0. The number of hydrogen-bond acceptors (Lipinski definition) is 4. The maximum atomic E-state index is 12.0. The fraction of sp³-hybridized carbons (Fsp3) is 0.636. The van der Waals surface area contributed by atoms with Gasteiger partial charge in [-0.2, -0.15) is 0 Å². The van der Waals surface area contributed by atoms with Crippen molar-refractivity contribution in [3.8, 4) is 0 Å². The van der Waals surface area contributed by atoms with Crippen LogP contribution in [0.4, 0.5) is 0 Å². The molecule has 86 valence electrons. The van der Waals surface area contributed by atoms with Crippen molar-refractivity contribution in [1.82, 2.24) is 15.2 Å². The highest BCUT2D eigenvalue weighted by Crippen LogP contribution is 2.25. The van der Waals surface area contributed by atoms with E-state index in [1.807, 2.05) is 4.90 Å². The monoisotopic (exact) mass is 221 g/mol. The van der Waals surface area contributed by atoms with E-state index in [1.165, 1.54) is 19.0 Å². The Hall–Kier alpha value is -1.36. The third kappa shape index (κ3) is 1.61. The summed E-state index contributed by atoms with van der Waals surface area (Å²) < 4.78 is 5.04. The Balaban J connectivity index is 1.70. The van der Waals surface area contributed by atoms with E-state index < -0.39 is 0 Å². The topological polar surface area (TPSA) is 58.4 Å². The van der Waals surface area contributed by atoms with Crippen LogP contribution in [0.5, 0.6) is 0 Å². The summed E-state index contributed by atoms with van der Waals surface area (Å²) in [4.78, 5) is 17.6. The third-order valence-electron chi connectivity index (χ3n) is 3.61. The molecule has 1 N–H and O–H groups in total. The van der Waals surface area contributed by atoms with Crippen LogP contribution in [0, 0.1) is 5.92 Å². The Morgan fingerprint density at radius 1 is 1.56 bits per heavy atom. The number of fused-ring (bicyclic) bond motifs is 1. The number of piperidine rings is 1. The fourth-order valence-corrected chi connectivity index (χ4v) is 2.69. The van der Waals surface area contributed by atoms with Crippen molar-refractivity contribution in [2.24, 2.45) is 5.92 Å². The molecule has 2 atom stereocenters. The van der Waals surface area contributed by atoms with Gasteiger partial charge in [0, 0.05) is 19.1 Å². The van der Waals surface area contributed by atoms with E-state index in [-0.39, 0.29) is 5.91 Å². The molecule has 2 aliphatic rings. The van der Waals surface area contributed by atoms with Crippen molar-refractivity contribution < 1.29 is 9.21 Å². The minimum absolute atomic E-state index is 0.0374. The quantitative estimate of drug-likeness (QED) is 0.750. The highest BCUT2D eigenvalue weighted by atomic mass is 16.3. The van der Waals surface area contributed by atoms with Crippen LogP contribution >= 0.6 is 0 Å². The zero-order valence-electron chi connectivity index (χ0n) is 9.06. The van der Waals surface area contributed by atoms with Crippen LogP contribution in [0.15, 0.2) is 17.0 Å². The second-order valence-electron chi connectivity index (χ2n) is 4.51. The van der Waals surface area contributed by atoms with Crippen molar-refractivity contribution in [3.63, 3.8) is 0 Å². The summed E-state index contributed by atoms with van der Waals surface area (Å²) in [5.41, 5.74) is 0. The molecule has 2 saturated heterocycles. The molecular weight excluding hydrogens is 206 g/mol. The van der Waals surface area contributed by atoms with Crippen molar-refractivity contribution >= 4 is 5.91 Å². The van der Waals surface area contributed by atoms with E-state index in [0.717, 1.165) is 32.0 Å². The number of carbonyl (C=O) groups is 1. The average Bonchev–Trinajstić information content (AvgIpc) is 2.98. The zero-order valence-corrected chi connectivity index (χ0v) is 9.06. The molecule has 2 unspecified atom stereocenters. The second kappa shape index (κ2) is 3.90. The summed E-state index contributed by atoms with van der Waals surface area (Å²) in [6.07, 6.45) is 5.12. The summed E-state index contributed by atoms with van der Waals surface area (Å²) in [6, 6.07) is 0.473. The molecule has 2 fully saturated rings. The number of likely N-dealkylation sites (tertiary alicyclic amines) is 1. The van der Waals surface area contributed by atoms with Gasteiger partial charge >= 0.3 is 0 Å². The Morgan fingerprint density at radius 2 is 2.50 bits per heavy atom. The lowest BCUT2D eigenvalue weighted by atomic mass is 9.92.